The summed E-state index contributed by atoms with van der Waals surface area (Å²) in [5.41, 5.74) is 2.06. The Bertz CT molecular complexity index is 458. The fourth-order valence-corrected chi connectivity index (χ4v) is 2.22. The molecule has 0 saturated heterocycles. The maximum atomic E-state index is 12.0. The van der Waals surface area contributed by atoms with Crippen molar-refractivity contribution < 1.29 is 9.53 Å². The molecule has 23 heavy (non-hydrogen) atoms. The summed E-state index contributed by atoms with van der Waals surface area (Å²) in [5.74, 6) is 0.488. The van der Waals surface area contributed by atoms with Crippen LogP contribution in [-0.4, -0.2) is 50.8 Å². The first-order valence-corrected chi connectivity index (χ1v) is 8.33. The first-order valence-electron chi connectivity index (χ1n) is 8.33. The van der Waals surface area contributed by atoms with Crippen LogP contribution in [0.4, 0.5) is 10.5 Å². The van der Waals surface area contributed by atoms with Crippen LogP contribution in [0.1, 0.15) is 38.7 Å². The average Bonchev–Trinajstić information content (AvgIpc) is 2.50. The number of ether oxygens (including phenoxy) is 1. The smallest absolute Gasteiger partial charge is 0.319 e. The highest BCUT2D eigenvalue weighted by atomic mass is 16.5. The van der Waals surface area contributed by atoms with Gasteiger partial charge in [-0.25, -0.2) is 4.79 Å². The van der Waals surface area contributed by atoms with E-state index in [2.05, 4.69) is 29.4 Å². The summed E-state index contributed by atoms with van der Waals surface area (Å²) in [4.78, 5) is 14.1. The minimum Gasteiger partial charge on any atom is -0.377 e. The van der Waals surface area contributed by atoms with Crippen molar-refractivity contribution in [3.05, 3.63) is 29.8 Å². The Hall–Kier alpha value is -1.59. The van der Waals surface area contributed by atoms with E-state index >= 15 is 0 Å². The van der Waals surface area contributed by atoms with E-state index in [9.17, 15) is 4.79 Å². The monoisotopic (exact) mass is 321 g/mol. The summed E-state index contributed by atoms with van der Waals surface area (Å²) < 4.78 is 5.67. The van der Waals surface area contributed by atoms with Crippen LogP contribution in [0.5, 0.6) is 0 Å². The van der Waals surface area contributed by atoms with Crippen LogP contribution in [0.2, 0.25) is 0 Å². The molecule has 1 rings (SSSR count). The summed E-state index contributed by atoms with van der Waals surface area (Å²) in [6.45, 7) is 8.37. The number of carbonyl (C=O) groups excluding carboxylic acids is 1. The molecule has 0 aliphatic carbocycles. The molecule has 5 heteroatoms. The normalized spacial score (nSPS) is 12.5. The van der Waals surface area contributed by atoms with E-state index in [-0.39, 0.29) is 12.1 Å². The van der Waals surface area contributed by atoms with E-state index in [0.717, 1.165) is 18.7 Å². The fraction of sp³-hybridized carbons (Fsp3) is 0.611. The third-order valence-corrected chi connectivity index (χ3v) is 3.63. The molecule has 0 saturated carbocycles. The predicted octanol–water partition coefficient (Wildman–Crippen LogP) is 3.29. The molecule has 0 aliphatic heterocycles. The zero-order valence-electron chi connectivity index (χ0n) is 15.1. The molecule has 0 bridgehead atoms. The van der Waals surface area contributed by atoms with Gasteiger partial charge < -0.3 is 20.3 Å². The van der Waals surface area contributed by atoms with Crippen molar-refractivity contribution in [2.75, 3.05) is 39.1 Å². The number of anilines is 1. The Balaban J connectivity index is 2.41. The fourth-order valence-electron chi connectivity index (χ4n) is 2.22. The summed E-state index contributed by atoms with van der Waals surface area (Å²) >= 11 is 0. The van der Waals surface area contributed by atoms with Gasteiger partial charge in [-0.15, -0.1) is 0 Å². The molecular weight excluding hydrogens is 290 g/mol. The molecule has 0 heterocycles. The van der Waals surface area contributed by atoms with Crippen molar-refractivity contribution >= 4 is 11.7 Å². The van der Waals surface area contributed by atoms with Crippen LogP contribution >= 0.6 is 0 Å². The van der Waals surface area contributed by atoms with Gasteiger partial charge in [0.15, 0.2) is 0 Å². The third kappa shape index (κ3) is 8.00. The van der Waals surface area contributed by atoms with Crippen molar-refractivity contribution in [3.8, 4) is 0 Å². The molecule has 5 nitrogen and oxygen atoms in total. The van der Waals surface area contributed by atoms with Crippen molar-refractivity contribution in [1.82, 2.24) is 10.2 Å². The number of hydrogen-bond donors (Lipinski definition) is 2. The van der Waals surface area contributed by atoms with Crippen molar-refractivity contribution in [2.24, 2.45) is 0 Å². The Morgan fingerprint density at radius 2 is 1.87 bits per heavy atom. The van der Waals surface area contributed by atoms with Crippen LogP contribution in [0.15, 0.2) is 24.3 Å². The predicted molar refractivity (Wildman–Crippen MR) is 96.1 cm³/mol. The lowest BCUT2D eigenvalue weighted by atomic mass is 10.0. The molecule has 1 aromatic carbocycles. The molecule has 0 spiro atoms. The van der Waals surface area contributed by atoms with Gasteiger partial charge >= 0.3 is 6.03 Å². The van der Waals surface area contributed by atoms with Gasteiger partial charge in [0, 0.05) is 25.4 Å². The van der Waals surface area contributed by atoms with Gasteiger partial charge in [0.05, 0.1) is 6.10 Å². The van der Waals surface area contributed by atoms with Gasteiger partial charge in [0.2, 0.25) is 0 Å². The van der Waals surface area contributed by atoms with Crippen molar-refractivity contribution in [2.45, 2.75) is 39.2 Å². The number of hydrogen-bond acceptors (Lipinski definition) is 3. The lowest BCUT2D eigenvalue weighted by Gasteiger charge is -2.20. The van der Waals surface area contributed by atoms with Crippen LogP contribution < -0.4 is 10.6 Å². The zero-order valence-corrected chi connectivity index (χ0v) is 15.1. The van der Waals surface area contributed by atoms with E-state index in [1.54, 1.807) is 0 Å². The van der Waals surface area contributed by atoms with E-state index in [0.29, 0.717) is 19.1 Å². The number of carbonyl (C=O) groups is 1. The SMILES string of the molecule is CCOC(CCN(C)C)CNC(=O)Nc1ccc(C(C)C)cc1. The molecule has 0 aromatic heterocycles. The third-order valence-electron chi connectivity index (χ3n) is 3.63. The van der Waals surface area contributed by atoms with Gasteiger partial charge in [-0.05, 0) is 51.1 Å². The minimum atomic E-state index is -0.197. The quantitative estimate of drug-likeness (QED) is 0.734. The number of nitrogens with zero attached hydrogens (tertiary/aromatic N) is 1. The molecule has 1 unspecified atom stereocenters. The molecule has 130 valence electrons. The van der Waals surface area contributed by atoms with E-state index in [4.69, 9.17) is 4.74 Å². The van der Waals surface area contributed by atoms with Gasteiger partial charge in [-0.2, -0.15) is 0 Å². The van der Waals surface area contributed by atoms with Crippen LogP contribution in [0, 0.1) is 0 Å². The molecule has 2 amide bonds. The van der Waals surface area contributed by atoms with Crippen LogP contribution in [0.3, 0.4) is 0 Å². The lowest BCUT2D eigenvalue weighted by Crippen LogP contribution is -2.37. The second-order valence-corrected chi connectivity index (χ2v) is 6.28. The highest BCUT2D eigenvalue weighted by Crippen LogP contribution is 2.16. The van der Waals surface area contributed by atoms with Crippen LogP contribution in [-0.2, 0) is 4.74 Å². The Morgan fingerprint density at radius 1 is 1.22 bits per heavy atom. The summed E-state index contributed by atoms with van der Waals surface area (Å²) in [7, 11) is 4.06. The molecule has 0 fully saturated rings. The van der Waals surface area contributed by atoms with Gasteiger partial charge in [-0.3, -0.25) is 0 Å². The van der Waals surface area contributed by atoms with Gasteiger partial charge in [0.25, 0.3) is 0 Å². The molecule has 1 aromatic rings. The van der Waals surface area contributed by atoms with Crippen LogP contribution in [0.25, 0.3) is 0 Å². The highest BCUT2D eigenvalue weighted by molar-refractivity contribution is 5.89. The summed E-state index contributed by atoms with van der Waals surface area (Å²) in [6.07, 6.45) is 0.931. The maximum absolute atomic E-state index is 12.0. The maximum Gasteiger partial charge on any atom is 0.319 e. The Morgan fingerprint density at radius 3 is 2.39 bits per heavy atom. The Kier molecular flexibility index (Phi) is 8.66. The zero-order chi connectivity index (χ0) is 17.2. The Labute approximate surface area is 140 Å². The number of benzene rings is 1. The topological polar surface area (TPSA) is 53.6 Å². The second kappa shape index (κ2) is 10.2. The number of amides is 2. The molecule has 0 aliphatic rings. The van der Waals surface area contributed by atoms with Crippen molar-refractivity contribution in [1.29, 1.82) is 0 Å². The van der Waals surface area contributed by atoms with E-state index < -0.39 is 0 Å². The minimum absolute atomic E-state index is 0.0384. The van der Waals surface area contributed by atoms with Crippen molar-refractivity contribution in [3.63, 3.8) is 0 Å². The number of urea groups is 1. The van der Waals surface area contributed by atoms with E-state index in [1.807, 2.05) is 45.3 Å². The second-order valence-electron chi connectivity index (χ2n) is 6.28. The summed E-state index contributed by atoms with van der Waals surface area (Å²) in [5, 5.41) is 5.74. The lowest BCUT2D eigenvalue weighted by molar-refractivity contribution is 0.0538. The number of rotatable bonds is 9. The summed E-state index contributed by atoms with van der Waals surface area (Å²) in [6, 6.07) is 7.75. The largest absolute Gasteiger partial charge is 0.377 e. The van der Waals surface area contributed by atoms with Gasteiger partial charge in [0.1, 0.15) is 0 Å². The first kappa shape index (κ1) is 19.5. The standard InChI is InChI=1S/C18H31N3O2/c1-6-23-17(11-12-21(4)5)13-19-18(22)20-16-9-7-15(8-10-16)14(2)3/h7-10,14,17H,6,11-13H2,1-5H3,(H2,19,20,22). The highest BCUT2D eigenvalue weighted by Gasteiger charge is 2.11. The molecule has 2 N–H and O–H groups in total. The van der Waals surface area contributed by atoms with E-state index in [1.165, 1.54) is 5.56 Å². The number of nitrogens with one attached hydrogen (secondary N) is 2. The van der Waals surface area contributed by atoms with Gasteiger partial charge in [-0.1, -0.05) is 26.0 Å². The molecule has 1 atom stereocenters. The average molecular weight is 321 g/mol. The first-order chi connectivity index (χ1) is 10.9. The molecule has 0 radical (unpaired) electrons. The molecular formula is C18H31N3O2.